The maximum Gasteiger partial charge on any atom is 0.0547 e. The molecule has 0 saturated carbocycles. The van der Waals surface area contributed by atoms with Crippen LogP contribution in [0.5, 0.6) is 0 Å². The van der Waals surface area contributed by atoms with Crippen molar-refractivity contribution in [1.82, 2.24) is 15.1 Å². The molecule has 1 heterocycles. The van der Waals surface area contributed by atoms with Gasteiger partial charge in [0.05, 0.1) is 5.69 Å². The van der Waals surface area contributed by atoms with Crippen molar-refractivity contribution < 1.29 is 0 Å². The number of aryl methyl sites for hydroxylation is 1. The van der Waals surface area contributed by atoms with Gasteiger partial charge in [-0.2, -0.15) is 5.10 Å². The first kappa shape index (κ1) is 14.2. The Morgan fingerprint density at radius 1 is 1.29 bits per heavy atom. The lowest BCUT2D eigenvalue weighted by molar-refractivity contribution is 0.224. The van der Waals surface area contributed by atoms with Gasteiger partial charge < -0.3 is 5.32 Å². The average molecular weight is 237 g/mol. The summed E-state index contributed by atoms with van der Waals surface area (Å²) >= 11 is 0. The molecule has 0 amide bonds. The fraction of sp³-hybridized carbons (Fsp3) is 0.786. The van der Waals surface area contributed by atoms with Crippen LogP contribution in [0, 0.1) is 5.41 Å². The minimum atomic E-state index is 0.127. The molecular weight excluding hydrogens is 210 g/mol. The molecule has 3 heteroatoms. The van der Waals surface area contributed by atoms with Crippen molar-refractivity contribution in [2.24, 2.45) is 12.5 Å². The molecule has 0 aromatic carbocycles. The molecule has 1 aromatic heterocycles. The van der Waals surface area contributed by atoms with Gasteiger partial charge in [0.2, 0.25) is 0 Å². The third kappa shape index (κ3) is 4.50. The number of aromatic nitrogens is 2. The van der Waals surface area contributed by atoms with E-state index in [1.54, 1.807) is 0 Å². The van der Waals surface area contributed by atoms with Crippen LogP contribution in [0.25, 0.3) is 0 Å². The predicted octanol–water partition coefficient (Wildman–Crippen LogP) is 3.29. The maximum absolute atomic E-state index is 4.22. The van der Waals surface area contributed by atoms with E-state index in [1.807, 2.05) is 17.9 Å². The molecule has 0 aliphatic heterocycles. The van der Waals surface area contributed by atoms with Gasteiger partial charge in [-0.05, 0) is 38.7 Å². The van der Waals surface area contributed by atoms with E-state index < -0.39 is 0 Å². The normalized spacial score (nSPS) is 15.0. The van der Waals surface area contributed by atoms with Crippen LogP contribution in [-0.4, -0.2) is 15.3 Å². The minimum Gasteiger partial charge on any atom is -0.304 e. The summed E-state index contributed by atoms with van der Waals surface area (Å²) in [4.78, 5) is 0. The van der Waals surface area contributed by atoms with Gasteiger partial charge in [0, 0.05) is 24.8 Å². The Labute approximate surface area is 106 Å². The lowest BCUT2D eigenvalue weighted by Crippen LogP contribution is -2.44. The van der Waals surface area contributed by atoms with Crippen LogP contribution >= 0.6 is 0 Å². The Morgan fingerprint density at radius 3 is 2.29 bits per heavy atom. The van der Waals surface area contributed by atoms with E-state index in [0.717, 1.165) is 6.42 Å². The largest absolute Gasteiger partial charge is 0.304 e. The van der Waals surface area contributed by atoms with Gasteiger partial charge in [-0.25, -0.2) is 0 Å². The molecule has 0 aliphatic carbocycles. The molecule has 0 spiro atoms. The number of rotatable bonds is 4. The van der Waals surface area contributed by atoms with Gasteiger partial charge in [-0.15, -0.1) is 0 Å². The van der Waals surface area contributed by atoms with Crippen molar-refractivity contribution in [2.45, 2.75) is 59.5 Å². The minimum absolute atomic E-state index is 0.127. The van der Waals surface area contributed by atoms with Gasteiger partial charge in [0.1, 0.15) is 0 Å². The Morgan fingerprint density at radius 2 is 1.88 bits per heavy atom. The molecule has 3 nitrogen and oxygen atoms in total. The summed E-state index contributed by atoms with van der Waals surface area (Å²) in [6, 6.07) is 2.39. The van der Waals surface area contributed by atoms with Crippen molar-refractivity contribution in [1.29, 1.82) is 0 Å². The molecule has 1 aromatic rings. The van der Waals surface area contributed by atoms with Gasteiger partial charge in [0.15, 0.2) is 0 Å². The highest BCUT2D eigenvalue weighted by molar-refractivity contribution is 5.06. The predicted molar refractivity (Wildman–Crippen MR) is 72.9 cm³/mol. The van der Waals surface area contributed by atoms with Crippen LogP contribution < -0.4 is 5.32 Å². The van der Waals surface area contributed by atoms with E-state index in [1.165, 1.54) is 5.69 Å². The zero-order valence-corrected chi connectivity index (χ0v) is 12.3. The Kier molecular flexibility index (Phi) is 4.03. The average Bonchev–Trinajstić information content (AvgIpc) is 2.44. The molecule has 1 atom stereocenters. The van der Waals surface area contributed by atoms with E-state index >= 15 is 0 Å². The van der Waals surface area contributed by atoms with E-state index in [0.29, 0.717) is 11.5 Å². The summed E-state index contributed by atoms with van der Waals surface area (Å²) in [5, 5.41) is 7.91. The summed E-state index contributed by atoms with van der Waals surface area (Å²) in [5.41, 5.74) is 1.69. The summed E-state index contributed by atoms with van der Waals surface area (Å²) in [6.45, 7) is 13.6. The van der Waals surface area contributed by atoms with Crippen LogP contribution in [0.2, 0.25) is 0 Å². The molecule has 1 rings (SSSR count). The zero-order chi connectivity index (χ0) is 13.3. The summed E-state index contributed by atoms with van der Waals surface area (Å²) in [6.07, 6.45) is 2.99. The third-order valence-electron chi connectivity index (χ3n) is 2.88. The van der Waals surface area contributed by atoms with E-state index in [9.17, 15) is 0 Å². The van der Waals surface area contributed by atoms with Crippen molar-refractivity contribution in [3.63, 3.8) is 0 Å². The summed E-state index contributed by atoms with van der Waals surface area (Å²) in [5.74, 6) is 0. The van der Waals surface area contributed by atoms with Gasteiger partial charge in [-0.1, -0.05) is 20.8 Å². The smallest absolute Gasteiger partial charge is 0.0547 e. The molecule has 1 N–H and O–H groups in total. The summed E-state index contributed by atoms with van der Waals surface area (Å²) < 4.78 is 1.94. The first-order valence-corrected chi connectivity index (χ1v) is 6.36. The number of hydrogen-bond acceptors (Lipinski definition) is 2. The second kappa shape index (κ2) is 4.81. The molecule has 1 unspecified atom stereocenters. The molecule has 98 valence electrons. The van der Waals surface area contributed by atoms with Crippen molar-refractivity contribution >= 4 is 0 Å². The first-order valence-electron chi connectivity index (χ1n) is 6.36. The van der Waals surface area contributed by atoms with Crippen molar-refractivity contribution in [3.05, 3.63) is 18.0 Å². The van der Waals surface area contributed by atoms with E-state index in [-0.39, 0.29) is 5.54 Å². The van der Waals surface area contributed by atoms with Crippen LogP contribution in [0.3, 0.4) is 0 Å². The molecule has 0 bridgehead atoms. The SMILES string of the molecule is CC(NC(C)(C)CC(C)(C)C)c1ccnn1C. The van der Waals surface area contributed by atoms with Crippen molar-refractivity contribution in [2.75, 3.05) is 0 Å². The molecule has 17 heavy (non-hydrogen) atoms. The molecule has 0 aliphatic rings. The highest BCUT2D eigenvalue weighted by Crippen LogP contribution is 2.28. The van der Waals surface area contributed by atoms with Crippen molar-refractivity contribution in [3.8, 4) is 0 Å². The highest BCUT2D eigenvalue weighted by Gasteiger charge is 2.27. The van der Waals surface area contributed by atoms with Crippen LogP contribution in [0.4, 0.5) is 0 Å². The number of nitrogens with one attached hydrogen (secondary N) is 1. The Hall–Kier alpha value is -0.830. The highest BCUT2D eigenvalue weighted by atomic mass is 15.3. The van der Waals surface area contributed by atoms with Crippen LogP contribution in [0.1, 0.15) is 59.7 Å². The molecule has 0 saturated heterocycles. The lowest BCUT2D eigenvalue weighted by atomic mass is 9.81. The maximum atomic E-state index is 4.22. The van der Waals surface area contributed by atoms with E-state index in [4.69, 9.17) is 0 Å². The van der Waals surface area contributed by atoms with Gasteiger partial charge in [0.25, 0.3) is 0 Å². The molecular formula is C14H27N3. The molecule has 0 radical (unpaired) electrons. The quantitative estimate of drug-likeness (QED) is 0.871. The van der Waals surface area contributed by atoms with Gasteiger partial charge in [-0.3, -0.25) is 4.68 Å². The van der Waals surface area contributed by atoms with Gasteiger partial charge >= 0.3 is 0 Å². The third-order valence-corrected chi connectivity index (χ3v) is 2.88. The van der Waals surface area contributed by atoms with Crippen LogP contribution in [0.15, 0.2) is 12.3 Å². The fourth-order valence-electron chi connectivity index (χ4n) is 2.85. The first-order chi connectivity index (χ1) is 7.61. The number of nitrogens with zero attached hydrogens (tertiary/aromatic N) is 2. The number of hydrogen-bond donors (Lipinski definition) is 1. The topological polar surface area (TPSA) is 29.9 Å². The lowest BCUT2D eigenvalue weighted by Gasteiger charge is -2.36. The Balaban J connectivity index is 2.68. The monoisotopic (exact) mass is 237 g/mol. The standard InChI is InChI=1S/C14H27N3/c1-11(12-8-9-15-17(12)7)16-14(5,6)10-13(2,3)4/h8-9,11,16H,10H2,1-7H3. The second-order valence-corrected chi connectivity index (χ2v) is 6.87. The molecule has 0 fully saturated rings. The second-order valence-electron chi connectivity index (χ2n) is 6.87. The Bertz CT molecular complexity index is 358. The van der Waals surface area contributed by atoms with E-state index in [2.05, 4.69) is 58.0 Å². The fourth-order valence-corrected chi connectivity index (χ4v) is 2.85. The van der Waals surface area contributed by atoms with Crippen LogP contribution in [-0.2, 0) is 7.05 Å². The summed E-state index contributed by atoms with van der Waals surface area (Å²) in [7, 11) is 1.99. The zero-order valence-electron chi connectivity index (χ0n) is 12.3.